The van der Waals surface area contributed by atoms with E-state index in [9.17, 15) is 10.0 Å². The number of carbonyl (C=O) groups is 1. The van der Waals surface area contributed by atoms with Crippen molar-refractivity contribution in [3.05, 3.63) is 58.9 Å². The van der Waals surface area contributed by atoms with Crippen LogP contribution in [0.15, 0.2) is 41.8 Å². The zero-order chi connectivity index (χ0) is 21.8. The Labute approximate surface area is 186 Å². The molecule has 0 aliphatic heterocycles. The van der Waals surface area contributed by atoms with Crippen LogP contribution in [0.5, 0.6) is 0 Å². The Bertz CT molecular complexity index is 1120. The molecular formula is C24H28N4O2S. The molecule has 2 N–H and O–H groups in total. The first-order chi connectivity index (χ1) is 15.2. The molecule has 3 aromatic rings. The number of oxime groups is 1. The summed E-state index contributed by atoms with van der Waals surface area (Å²) in [5.41, 5.74) is 4.08. The quantitative estimate of drug-likeness (QED) is 0.218. The van der Waals surface area contributed by atoms with Crippen molar-refractivity contribution >= 4 is 37.9 Å². The van der Waals surface area contributed by atoms with Gasteiger partial charge < -0.3 is 15.4 Å². The van der Waals surface area contributed by atoms with Crippen LogP contribution < -0.4 is 5.32 Å². The van der Waals surface area contributed by atoms with E-state index in [4.69, 9.17) is 0 Å². The smallest absolute Gasteiger partial charge is 0.196 e. The second-order valence-corrected chi connectivity index (χ2v) is 8.79. The van der Waals surface area contributed by atoms with E-state index in [0.717, 1.165) is 70.8 Å². The van der Waals surface area contributed by atoms with Crippen molar-refractivity contribution in [3.63, 3.8) is 0 Å². The lowest BCUT2D eigenvalue weighted by Gasteiger charge is -2.17. The molecule has 0 amide bonds. The average Bonchev–Trinajstić information content (AvgIpc) is 3.39. The topological polar surface area (TPSA) is 77.8 Å². The second-order valence-electron chi connectivity index (χ2n) is 7.73. The third-order valence-corrected chi connectivity index (χ3v) is 7.08. The Morgan fingerprint density at radius 2 is 2.10 bits per heavy atom. The average molecular weight is 437 g/mol. The van der Waals surface area contributed by atoms with Gasteiger partial charge in [-0.2, -0.15) is 0 Å². The number of pyridine rings is 1. The minimum Gasteiger partial charge on any atom is -0.411 e. The van der Waals surface area contributed by atoms with Crippen LogP contribution in [0.2, 0.25) is 0 Å². The molecule has 0 radical (unpaired) electrons. The molecule has 2 heterocycles. The number of hydrogen-bond acceptors (Lipinski definition) is 7. The Balaban J connectivity index is 1.60. The highest BCUT2D eigenvalue weighted by Crippen LogP contribution is 2.37. The van der Waals surface area contributed by atoms with Crippen molar-refractivity contribution in [2.75, 3.05) is 31.5 Å². The first-order valence-corrected chi connectivity index (χ1v) is 11.7. The number of fused-ring (bicyclic) bond motifs is 2. The maximum Gasteiger partial charge on any atom is 0.196 e. The number of benzene rings is 1. The third kappa shape index (κ3) is 4.34. The van der Waals surface area contributed by atoms with Gasteiger partial charge in [0.2, 0.25) is 0 Å². The van der Waals surface area contributed by atoms with Crippen LogP contribution in [0.25, 0.3) is 10.1 Å². The van der Waals surface area contributed by atoms with Gasteiger partial charge in [0.25, 0.3) is 0 Å². The lowest BCUT2D eigenvalue weighted by molar-refractivity contribution is 0.104. The Morgan fingerprint density at radius 3 is 2.87 bits per heavy atom. The zero-order valence-corrected chi connectivity index (χ0v) is 18.8. The van der Waals surface area contributed by atoms with Crippen molar-refractivity contribution < 1.29 is 10.0 Å². The lowest BCUT2D eigenvalue weighted by Crippen LogP contribution is -2.25. The normalized spacial score (nSPS) is 14.5. The first-order valence-electron chi connectivity index (χ1n) is 10.9. The van der Waals surface area contributed by atoms with Gasteiger partial charge in [-0.05, 0) is 56.6 Å². The fourth-order valence-corrected chi connectivity index (χ4v) is 5.30. The van der Waals surface area contributed by atoms with Crippen LogP contribution >= 0.6 is 11.3 Å². The third-order valence-electron chi connectivity index (χ3n) is 5.98. The number of nitrogens with one attached hydrogen (secondary N) is 1. The Morgan fingerprint density at radius 1 is 1.26 bits per heavy atom. The van der Waals surface area contributed by atoms with E-state index in [-0.39, 0.29) is 5.78 Å². The van der Waals surface area contributed by atoms with Crippen LogP contribution in [0.3, 0.4) is 0 Å². The van der Waals surface area contributed by atoms with E-state index in [0.29, 0.717) is 17.7 Å². The molecule has 31 heavy (non-hydrogen) atoms. The van der Waals surface area contributed by atoms with Crippen LogP contribution in [0.4, 0.5) is 5.00 Å². The fraction of sp³-hybridized carbons (Fsp3) is 0.375. The van der Waals surface area contributed by atoms with Gasteiger partial charge in [-0.3, -0.25) is 9.78 Å². The largest absolute Gasteiger partial charge is 0.411 e. The summed E-state index contributed by atoms with van der Waals surface area (Å²) in [5, 5.41) is 17.9. The number of aryl methyl sites for hydroxylation is 1. The van der Waals surface area contributed by atoms with Gasteiger partial charge in [-0.25, -0.2) is 0 Å². The summed E-state index contributed by atoms with van der Waals surface area (Å²) in [7, 11) is 0. The number of thiophene rings is 1. The van der Waals surface area contributed by atoms with Gasteiger partial charge in [-0.1, -0.05) is 31.1 Å². The molecule has 6 nitrogen and oxygen atoms in total. The standard InChI is InChI=1S/C24H28N4O2S/c1-3-28(4-2)13-5-11-26-24-22(19-10-12-25-15-21(19)31-24)23(29)17-6-8-18-16(14-17)7-9-20(18)27-30/h6,8,10,12,14-15,26,30H,3-5,7,9,11,13H2,1-2H3/b27-20+. The molecule has 2 aromatic heterocycles. The van der Waals surface area contributed by atoms with E-state index in [2.05, 4.69) is 34.2 Å². The number of aromatic nitrogens is 1. The lowest BCUT2D eigenvalue weighted by atomic mass is 9.98. The van der Waals surface area contributed by atoms with Gasteiger partial charge >= 0.3 is 0 Å². The van der Waals surface area contributed by atoms with Crippen molar-refractivity contribution in [1.82, 2.24) is 9.88 Å². The van der Waals surface area contributed by atoms with E-state index >= 15 is 0 Å². The Kier molecular flexibility index (Phi) is 6.63. The summed E-state index contributed by atoms with van der Waals surface area (Å²) < 4.78 is 1.01. The van der Waals surface area contributed by atoms with Crippen molar-refractivity contribution in [1.29, 1.82) is 0 Å². The molecule has 0 unspecified atom stereocenters. The molecule has 0 fully saturated rings. The van der Waals surface area contributed by atoms with E-state index in [1.807, 2.05) is 30.5 Å². The number of nitrogens with zero attached hydrogens (tertiary/aromatic N) is 3. The van der Waals surface area contributed by atoms with Gasteiger partial charge in [0.1, 0.15) is 5.00 Å². The number of hydrogen-bond donors (Lipinski definition) is 2. The van der Waals surface area contributed by atoms with E-state index in [1.54, 1.807) is 17.5 Å². The van der Waals surface area contributed by atoms with E-state index < -0.39 is 0 Å². The number of carbonyl (C=O) groups excluding carboxylic acids is 1. The molecule has 1 aliphatic carbocycles. The maximum absolute atomic E-state index is 13.6. The summed E-state index contributed by atoms with van der Waals surface area (Å²) in [4.78, 5) is 20.2. The van der Waals surface area contributed by atoms with Gasteiger partial charge in [0, 0.05) is 35.5 Å². The SMILES string of the molecule is CCN(CC)CCCNc1sc2cnccc2c1C(=O)c1ccc2c(c1)CC/C2=N\O. The summed E-state index contributed by atoms with van der Waals surface area (Å²) >= 11 is 1.59. The highest BCUT2D eigenvalue weighted by molar-refractivity contribution is 7.23. The molecule has 0 saturated carbocycles. The number of anilines is 1. The molecule has 1 aromatic carbocycles. The van der Waals surface area contributed by atoms with Crippen molar-refractivity contribution in [2.24, 2.45) is 5.16 Å². The molecular weight excluding hydrogens is 408 g/mol. The Hall–Kier alpha value is -2.77. The highest BCUT2D eigenvalue weighted by Gasteiger charge is 2.24. The van der Waals surface area contributed by atoms with Crippen LogP contribution in [0.1, 0.15) is 53.7 Å². The fourth-order valence-electron chi connectivity index (χ4n) is 4.20. The molecule has 0 bridgehead atoms. The summed E-state index contributed by atoms with van der Waals surface area (Å²) in [6, 6.07) is 7.61. The van der Waals surface area contributed by atoms with Gasteiger partial charge in [0.05, 0.1) is 16.0 Å². The predicted octanol–water partition coefficient (Wildman–Crippen LogP) is 4.80. The summed E-state index contributed by atoms with van der Waals surface area (Å²) in [5.74, 6) is 0.0147. The van der Waals surface area contributed by atoms with E-state index in [1.165, 1.54) is 0 Å². The molecule has 7 heteroatoms. The summed E-state index contributed by atoms with van der Waals surface area (Å²) in [6.45, 7) is 8.32. The minimum atomic E-state index is 0.0147. The molecule has 0 spiro atoms. The monoisotopic (exact) mass is 436 g/mol. The molecule has 1 aliphatic rings. The minimum absolute atomic E-state index is 0.0147. The second kappa shape index (κ2) is 9.58. The highest BCUT2D eigenvalue weighted by atomic mass is 32.1. The predicted molar refractivity (Wildman–Crippen MR) is 127 cm³/mol. The van der Waals surface area contributed by atoms with Crippen molar-refractivity contribution in [3.8, 4) is 0 Å². The summed E-state index contributed by atoms with van der Waals surface area (Å²) in [6.07, 6.45) is 6.08. The zero-order valence-electron chi connectivity index (χ0n) is 18.0. The maximum atomic E-state index is 13.6. The van der Waals surface area contributed by atoms with Gasteiger partial charge in [-0.15, -0.1) is 11.3 Å². The molecule has 162 valence electrons. The first kappa shape index (κ1) is 21.5. The van der Waals surface area contributed by atoms with Crippen molar-refractivity contribution in [2.45, 2.75) is 33.1 Å². The molecule has 0 atom stereocenters. The number of ketones is 1. The van der Waals surface area contributed by atoms with Crippen LogP contribution in [0, 0.1) is 0 Å². The van der Waals surface area contributed by atoms with Crippen LogP contribution in [-0.4, -0.2) is 52.8 Å². The number of rotatable bonds is 9. The molecule has 4 rings (SSSR count). The molecule has 0 saturated heterocycles. The van der Waals surface area contributed by atoms with Crippen LogP contribution in [-0.2, 0) is 6.42 Å². The van der Waals surface area contributed by atoms with Gasteiger partial charge in [0.15, 0.2) is 5.78 Å².